The molecular weight excluding hydrogens is 331 g/mol. The van der Waals surface area contributed by atoms with Crippen molar-refractivity contribution in [2.75, 3.05) is 0 Å². The molecule has 1 aliphatic heterocycles. The summed E-state index contributed by atoms with van der Waals surface area (Å²) >= 11 is 0. The minimum absolute atomic E-state index is 0. The van der Waals surface area contributed by atoms with Gasteiger partial charge in [-0.2, -0.15) is 0 Å². The average molecular weight is 343 g/mol. The smallest absolute Gasteiger partial charge is 0.154 e. The van der Waals surface area contributed by atoms with Crippen molar-refractivity contribution >= 4 is 0 Å². The third-order valence-corrected chi connectivity index (χ3v) is 1.54. The zero-order chi connectivity index (χ0) is 5.98. The molecule has 0 aromatic heterocycles. The van der Waals surface area contributed by atoms with Gasteiger partial charge >= 0.3 is 0 Å². The van der Waals surface area contributed by atoms with Gasteiger partial charge in [0.05, 0.1) is 6.10 Å². The first-order chi connectivity index (χ1) is 3.83. The Morgan fingerprint density at radius 2 is 2.22 bits per heavy atom. The molecule has 9 heavy (non-hydrogen) atoms. The molecule has 1 radical (unpaired) electrons. The van der Waals surface area contributed by atoms with Crippen molar-refractivity contribution in [3.63, 3.8) is 0 Å². The zero-order valence-corrected chi connectivity index (χ0v) is 10.5. The standard InChI is InChI=1S/C6H12O2.Ac/c1-2-5-3-4-6(7)8-5;/h5-7H,2-4H2,1H3;. The van der Waals surface area contributed by atoms with E-state index in [9.17, 15) is 0 Å². The Bertz CT molecular complexity index is 77.5. The second-order valence-electron chi connectivity index (χ2n) is 2.20. The monoisotopic (exact) mass is 343 g/mol. The van der Waals surface area contributed by atoms with Gasteiger partial charge in [-0.3, -0.25) is 0 Å². The number of hydrogen-bond donors (Lipinski definition) is 1. The van der Waals surface area contributed by atoms with Gasteiger partial charge in [-0.05, 0) is 12.8 Å². The SMILES string of the molecule is CCC1CCC(O)O1.[Ac]. The van der Waals surface area contributed by atoms with Crippen molar-refractivity contribution in [2.45, 2.75) is 38.6 Å². The Morgan fingerprint density at radius 1 is 1.56 bits per heavy atom. The first kappa shape index (κ1) is 10.4. The maximum atomic E-state index is 8.81. The van der Waals surface area contributed by atoms with Crippen LogP contribution in [0.5, 0.6) is 0 Å². The molecule has 0 aromatic rings. The average Bonchev–Trinajstić information content (AvgIpc) is 2.14. The fourth-order valence-electron chi connectivity index (χ4n) is 0.987. The second-order valence-corrected chi connectivity index (χ2v) is 2.20. The van der Waals surface area contributed by atoms with Gasteiger partial charge in [0, 0.05) is 50.5 Å². The molecule has 51 valence electrons. The third-order valence-electron chi connectivity index (χ3n) is 1.54. The van der Waals surface area contributed by atoms with Gasteiger partial charge in [0.2, 0.25) is 0 Å². The van der Waals surface area contributed by atoms with Gasteiger partial charge in [0.15, 0.2) is 6.29 Å². The van der Waals surface area contributed by atoms with Crippen molar-refractivity contribution < 1.29 is 53.9 Å². The quantitative estimate of drug-likeness (QED) is 0.767. The minimum Gasteiger partial charge on any atom is -0.368 e. The maximum Gasteiger partial charge on any atom is 0.154 e. The van der Waals surface area contributed by atoms with Crippen molar-refractivity contribution in [1.29, 1.82) is 0 Å². The van der Waals surface area contributed by atoms with Gasteiger partial charge < -0.3 is 9.84 Å². The Balaban J connectivity index is 0.000000640. The van der Waals surface area contributed by atoms with E-state index < -0.39 is 6.29 Å². The molecule has 0 aromatic carbocycles. The summed E-state index contributed by atoms with van der Waals surface area (Å²) in [5.41, 5.74) is 0. The van der Waals surface area contributed by atoms with E-state index in [1.165, 1.54) is 0 Å². The fourth-order valence-corrected chi connectivity index (χ4v) is 0.987. The van der Waals surface area contributed by atoms with Crippen molar-refractivity contribution in [2.24, 2.45) is 0 Å². The van der Waals surface area contributed by atoms with Gasteiger partial charge in [0.25, 0.3) is 0 Å². The third kappa shape index (κ3) is 3.32. The molecule has 1 fully saturated rings. The van der Waals surface area contributed by atoms with Crippen molar-refractivity contribution in [3.05, 3.63) is 0 Å². The van der Waals surface area contributed by atoms with Gasteiger partial charge in [-0.25, -0.2) is 0 Å². The van der Waals surface area contributed by atoms with Crippen LogP contribution in [0, 0.1) is 44.1 Å². The van der Waals surface area contributed by atoms with Crippen LogP contribution in [0.3, 0.4) is 0 Å². The van der Waals surface area contributed by atoms with E-state index in [4.69, 9.17) is 9.84 Å². The van der Waals surface area contributed by atoms with Crippen LogP contribution >= 0.6 is 0 Å². The molecule has 1 saturated heterocycles. The van der Waals surface area contributed by atoms with Crippen LogP contribution in [-0.4, -0.2) is 17.5 Å². The van der Waals surface area contributed by atoms with Crippen LogP contribution in [0.25, 0.3) is 0 Å². The van der Waals surface area contributed by atoms with E-state index in [0.717, 1.165) is 19.3 Å². The van der Waals surface area contributed by atoms with Crippen LogP contribution in [0.4, 0.5) is 0 Å². The molecule has 2 atom stereocenters. The van der Waals surface area contributed by atoms with Crippen molar-refractivity contribution in [3.8, 4) is 0 Å². The predicted octanol–water partition coefficient (Wildman–Crippen LogP) is 0.894. The van der Waals surface area contributed by atoms with Gasteiger partial charge in [-0.1, -0.05) is 6.92 Å². The number of rotatable bonds is 1. The number of aliphatic hydroxyl groups is 1. The molecule has 0 amide bonds. The summed E-state index contributed by atoms with van der Waals surface area (Å²) in [7, 11) is 0. The molecule has 0 saturated carbocycles. The molecule has 1 aliphatic rings. The molecule has 1 heterocycles. The summed E-state index contributed by atoms with van der Waals surface area (Å²) in [5, 5.41) is 8.81. The summed E-state index contributed by atoms with van der Waals surface area (Å²) in [6.07, 6.45) is 2.72. The topological polar surface area (TPSA) is 29.5 Å². The summed E-state index contributed by atoms with van der Waals surface area (Å²) in [6.45, 7) is 2.07. The van der Waals surface area contributed by atoms with E-state index in [0.29, 0.717) is 6.10 Å². The summed E-state index contributed by atoms with van der Waals surface area (Å²) in [6, 6.07) is 0. The molecular formula is C6H12AcO2. The van der Waals surface area contributed by atoms with E-state index in [1.807, 2.05) is 0 Å². The Morgan fingerprint density at radius 3 is 2.44 bits per heavy atom. The summed E-state index contributed by atoms with van der Waals surface area (Å²) in [5.74, 6) is 0. The maximum absolute atomic E-state index is 8.81. The zero-order valence-electron chi connectivity index (χ0n) is 5.71. The first-order valence-corrected chi connectivity index (χ1v) is 3.16. The minimum atomic E-state index is -0.472. The second kappa shape index (κ2) is 5.07. The van der Waals surface area contributed by atoms with Crippen LogP contribution < -0.4 is 0 Å². The molecule has 0 aliphatic carbocycles. The Labute approximate surface area is 91.5 Å². The molecule has 0 spiro atoms. The van der Waals surface area contributed by atoms with E-state index in [-0.39, 0.29) is 44.1 Å². The number of aliphatic hydroxyl groups excluding tert-OH is 1. The first-order valence-electron chi connectivity index (χ1n) is 3.16. The normalized spacial score (nSPS) is 34.0. The van der Waals surface area contributed by atoms with E-state index in [2.05, 4.69) is 6.92 Å². The number of ether oxygens (including phenoxy) is 1. The Kier molecular flexibility index (Phi) is 5.84. The molecule has 2 nitrogen and oxygen atoms in total. The van der Waals surface area contributed by atoms with E-state index >= 15 is 0 Å². The van der Waals surface area contributed by atoms with Crippen molar-refractivity contribution in [1.82, 2.24) is 0 Å². The van der Waals surface area contributed by atoms with Crippen LogP contribution in [-0.2, 0) is 4.74 Å². The molecule has 1 N–H and O–H groups in total. The molecule has 0 bridgehead atoms. The summed E-state index contributed by atoms with van der Waals surface area (Å²) in [4.78, 5) is 0. The van der Waals surface area contributed by atoms with Gasteiger partial charge in [0.1, 0.15) is 0 Å². The van der Waals surface area contributed by atoms with Crippen LogP contribution in [0.1, 0.15) is 26.2 Å². The van der Waals surface area contributed by atoms with Gasteiger partial charge in [-0.15, -0.1) is 0 Å². The fraction of sp³-hybridized carbons (Fsp3) is 1.00. The Hall–Kier alpha value is 1.36. The molecule has 3 heteroatoms. The molecule has 1 rings (SSSR count). The summed E-state index contributed by atoms with van der Waals surface area (Å²) < 4.78 is 5.07. The van der Waals surface area contributed by atoms with Crippen LogP contribution in [0.15, 0.2) is 0 Å². The van der Waals surface area contributed by atoms with Crippen LogP contribution in [0.2, 0.25) is 0 Å². The largest absolute Gasteiger partial charge is 0.368 e. The predicted molar refractivity (Wildman–Crippen MR) is 30.4 cm³/mol. The van der Waals surface area contributed by atoms with E-state index in [1.54, 1.807) is 0 Å². The molecule has 2 unspecified atom stereocenters. The number of hydrogen-bond acceptors (Lipinski definition) is 2.